The van der Waals surface area contributed by atoms with Crippen LogP contribution in [0.15, 0.2) is 53.9 Å². The minimum absolute atomic E-state index is 0.0349. The van der Waals surface area contributed by atoms with Crippen LogP contribution in [0.5, 0.6) is 5.75 Å². The van der Waals surface area contributed by atoms with E-state index in [4.69, 9.17) is 9.47 Å². The van der Waals surface area contributed by atoms with Gasteiger partial charge in [-0.2, -0.15) is 0 Å². The third kappa shape index (κ3) is 9.00. The van der Waals surface area contributed by atoms with E-state index in [1.54, 1.807) is 24.9 Å². The number of hydrogen-bond acceptors (Lipinski definition) is 5. The van der Waals surface area contributed by atoms with E-state index in [0.29, 0.717) is 18.0 Å². The molecule has 2 aromatic carbocycles. The van der Waals surface area contributed by atoms with Crippen LogP contribution in [0.4, 0.5) is 14.5 Å². The maximum Gasteiger partial charge on any atom is 0.356 e. The molecule has 4 rings (SSSR count). The number of aliphatic imine (C=N–C) groups is 1. The molecule has 240 valence electrons. The fraction of sp³-hybridized carbons (Fsp3) is 0.500. The number of benzene rings is 2. The smallest absolute Gasteiger partial charge is 0.356 e. The van der Waals surface area contributed by atoms with Crippen molar-refractivity contribution in [1.29, 1.82) is 0 Å². The monoisotopic (exact) mass is 626 g/mol. The van der Waals surface area contributed by atoms with Crippen LogP contribution in [0.3, 0.4) is 0 Å². The number of alkyl halides is 2. The van der Waals surface area contributed by atoms with E-state index in [-0.39, 0.29) is 28.7 Å². The van der Waals surface area contributed by atoms with Crippen LogP contribution in [-0.4, -0.2) is 62.1 Å². The normalized spacial score (nSPS) is 15.6. The largest absolute Gasteiger partial charge is 0.493 e. The Labute approximate surface area is 262 Å². The second-order valence-corrected chi connectivity index (χ2v) is 18.9. The number of esters is 1. The maximum absolute atomic E-state index is 13.4. The quantitative estimate of drug-likeness (QED) is 0.0702. The maximum atomic E-state index is 13.4. The highest BCUT2D eigenvalue weighted by molar-refractivity contribution is 6.76. The van der Waals surface area contributed by atoms with Gasteiger partial charge in [-0.25, -0.2) is 23.6 Å². The molecular weight excluding hydrogens is 578 g/mol. The van der Waals surface area contributed by atoms with E-state index >= 15 is 0 Å². The van der Waals surface area contributed by atoms with E-state index in [0.717, 1.165) is 31.0 Å². The molecule has 10 heteroatoms. The zero-order valence-corrected chi connectivity index (χ0v) is 28.7. The summed E-state index contributed by atoms with van der Waals surface area (Å²) in [5.74, 6) is -0.0662. The Bertz CT molecular complexity index is 1430. The first-order chi connectivity index (χ1) is 20.7. The molecule has 0 bridgehead atoms. The summed E-state index contributed by atoms with van der Waals surface area (Å²) in [6.45, 7) is 16.5. The Morgan fingerprint density at radius 3 is 2.59 bits per heavy atom. The molecule has 1 heterocycles. The fourth-order valence-corrected chi connectivity index (χ4v) is 6.62. The Balaban J connectivity index is 0.000000243. The van der Waals surface area contributed by atoms with Crippen LogP contribution in [0.2, 0.25) is 25.7 Å². The molecule has 0 radical (unpaired) electrons. The number of hydrogen-bond donors (Lipinski definition) is 0. The Hall–Kier alpha value is -3.53. The summed E-state index contributed by atoms with van der Waals surface area (Å²) in [5.41, 5.74) is 4.45. The third-order valence-electron chi connectivity index (χ3n) is 7.86. The summed E-state index contributed by atoms with van der Waals surface area (Å²) in [5, 5.41) is 0. The second-order valence-electron chi connectivity index (χ2n) is 13.3. The Morgan fingerprint density at radius 2 is 1.95 bits per heavy atom. The third-order valence-corrected chi connectivity index (χ3v) is 9.71. The molecule has 1 aliphatic carbocycles. The van der Waals surface area contributed by atoms with E-state index in [1.165, 1.54) is 24.3 Å². The Morgan fingerprint density at radius 1 is 1.25 bits per heavy atom. The van der Waals surface area contributed by atoms with Crippen LogP contribution in [0.25, 0.3) is 0 Å². The molecule has 0 fully saturated rings. The molecule has 0 spiro atoms. The average molecular weight is 627 g/mol. The number of fused-ring (bicyclic) bond motifs is 1. The molecule has 0 aliphatic heterocycles. The van der Waals surface area contributed by atoms with Crippen molar-refractivity contribution in [1.82, 2.24) is 14.5 Å². The minimum Gasteiger partial charge on any atom is -0.493 e. The molecule has 0 saturated carbocycles. The number of imidazole rings is 1. The van der Waals surface area contributed by atoms with Gasteiger partial charge in [0.05, 0.1) is 49.9 Å². The lowest BCUT2D eigenvalue weighted by atomic mass is 9.85. The summed E-state index contributed by atoms with van der Waals surface area (Å²) in [6, 6.07) is 12.7. The summed E-state index contributed by atoms with van der Waals surface area (Å²) in [7, 11) is 2.16. The molecular formula is C34H48F2N4O3Si. The predicted molar refractivity (Wildman–Crippen MR) is 176 cm³/mol. The lowest BCUT2D eigenvalue weighted by Crippen LogP contribution is -2.26. The molecule has 44 heavy (non-hydrogen) atoms. The zero-order valence-electron chi connectivity index (χ0n) is 27.7. The predicted octanol–water partition coefficient (Wildman–Crippen LogP) is 8.49. The van der Waals surface area contributed by atoms with Crippen molar-refractivity contribution in [3.63, 3.8) is 0 Å². The molecule has 7 nitrogen and oxygen atoms in total. The lowest BCUT2D eigenvalue weighted by molar-refractivity contribution is 0.0583. The van der Waals surface area contributed by atoms with Crippen LogP contribution < -0.4 is 4.74 Å². The number of rotatable bonds is 11. The number of methoxy groups -OCH3 is 1. The topological polar surface area (TPSA) is 69.0 Å². The first-order valence-corrected chi connectivity index (χ1v) is 18.9. The van der Waals surface area contributed by atoms with Crippen LogP contribution in [0, 0.1) is 12.3 Å². The number of aromatic nitrogens is 2. The van der Waals surface area contributed by atoms with Crippen molar-refractivity contribution in [3.8, 4) is 5.75 Å². The van der Waals surface area contributed by atoms with Crippen molar-refractivity contribution >= 4 is 26.1 Å². The van der Waals surface area contributed by atoms with Gasteiger partial charge in [-0.1, -0.05) is 63.8 Å². The summed E-state index contributed by atoms with van der Waals surface area (Å²) in [6.07, 6.45) is 4.27. The van der Waals surface area contributed by atoms with Crippen LogP contribution in [-0.2, 0) is 11.2 Å². The van der Waals surface area contributed by atoms with Gasteiger partial charge in [0.15, 0.2) is 0 Å². The highest BCUT2D eigenvalue weighted by Crippen LogP contribution is 2.47. The van der Waals surface area contributed by atoms with E-state index < -0.39 is 14.5 Å². The number of aryl methyl sites for hydroxylation is 1. The van der Waals surface area contributed by atoms with Gasteiger partial charge >= 0.3 is 5.97 Å². The van der Waals surface area contributed by atoms with Gasteiger partial charge in [0.25, 0.3) is 6.43 Å². The van der Waals surface area contributed by atoms with Gasteiger partial charge in [-0.05, 0) is 60.9 Å². The highest BCUT2D eigenvalue weighted by atomic mass is 28.3. The highest BCUT2D eigenvalue weighted by Gasteiger charge is 2.41. The molecule has 1 unspecified atom stereocenters. The van der Waals surface area contributed by atoms with Crippen molar-refractivity contribution in [3.05, 3.63) is 76.9 Å². The summed E-state index contributed by atoms with van der Waals surface area (Å²) < 4.78 is 39.2. The fourth-order valence-electron chi connectivity index (χ4n) is 5.42. The molecule has 1 atom stereocenters. The van der Waals surface area contributed by atoms with Gasteiger partial charge < -0.3 is 18.9 Å². The summed E-state index contributed by atoms with van der Waals surface area (Å²) in [4.78, 5) is 22.2. The first-order valence-electron chi connectivity index (χ1n) is 15.2. The van der Waals surface area contributed by atoms with Gasteiger partial charge in [0, 0.05) is 21.7 Å². The first kappa shape index (κ1) is 35.0. The average Bonchev–Trinajstić information content (AvgIpc) is 3.54. The standard InChI is InChI=1S/C18H30F2N2OSi.C16H18N2O2/c1-7-22(3)13-21-16-12-15(18(19)20)17(11-14(16)2)23-9-8-10-24(4,5)6;1-16(2)8-11-6-4-5-7-12(11)14(16)18-10-17-9-13(18)15(19)20-3/h11-13,18H,7-10H2,1-6H3;4-7,9-10,14H,8H2,1-3H3. The van der Waals surface area contributed by atoms with E-state index in [9.17, 15) is 13.6 Å². The summed E-state index contributed by atoms with van der Waals surface area (Å²) >= 11 is 0. The van der Waals surface area contributed by atoms with Crippen LogP contribution in [0.1, 0.15) is 72.4 Å². The van der Waals surface area contributed by atoms with Crippen LogP contribution >= 0.6 is 0 Å². The number of halogens is 2. The van der Waals surface area contributed by atoms with Gasteiger partial charge in [0.2, 0.25) is 0 Å². The zero-order chi connectivity index (χ0) is 32.7. The second kappa shape index (κ2) is 15.0. The molecule has 3 aromatic rings. The lowest BCUT2D eigenvalue weighted by Gasteiger charge is -2.29. The number of carbonyl (C=O) groups excluding carboxylic acids is 1. The molecule has 1 aliphatic rings. The number of nitrogens with zero attached hydrogens (tertiary/aromatic N) is 4. The van der Waals surface area contributed by atoms with Crippen molar-refractivity contribution < 1.29 is 23.0 Å². The van der Waals surface area contributed by atoms with Crippen molar-refractivity contribution in [2.75, 3.05) is 27.3 Å². The van der Waals surface area contributed by atoms with E-state index in [1.807, 2.05) is 36.4 Å². The SMILES string of the molecule is CCN(C)C=Nc1cc(C(F)F)c(OCCC[Si](C)(C)C)cc1C.COC(=O)c1cncn1C1c2ccccc2CC1(C)C. The van der Waals surface area contributed by atoms with Gasteiger partial charge in [-0.3, -0.25) is 0 Å². The van der Waals surface area contributed by atoms with Gasteiger partial charge in [-0.15, -0.1) is 0 Å². The molecule has 0 amide bonds. The minimum atomic E-state index is -2.57. The van der Waals surface area contributed by atoms with Gasteiger partial charge in [0.1, 0.15) is 11.4 Å². The van der Waals surface area contributed by atoms with Crippen molar-refractivity contribution in [2.24, 2.45) is 10.4 Å². The van der Waals surface area contributed by atoms with E-state index in [2.05, 4.69) is 61.7 Å². The van der Waals surface area contributed by atoms with Crippen molar-refractivity contribution in [2.45, 2.75) is 78.7 Å². The molecule has 1 aromatic heterocycles. The number of carbonyl (C=O) groups is 1. The Kier molecular flexibility index (Phi) is 11.9. The molecule has 0 N–H and O–H groups in total. The number of ether oxygens (including phenoxy) is 2. The molecule has 0 saturated heterocycles.